The van der Waals surface area contributed by atoms with Crippen LogP contribution < -0.4 is 15.8 Å². The Bertz CT molecular complexity index is 364. The molecular weight excluding hydrogens is 216 g/mol. The molecule has 1 aromatic carbocycles. The predicted octanol–water partition coefficient (Wildman–Crippen LogP) is 2.24. The van der Waals surface area contributed by atoms with Gasteiger partial charge < -0.3 is 20.9 Å². The number of benzene rings is 1. The predicted molar refractivity (Wildman–Crippen MR) is 71.4 cm³/mol. The van der Waals surface area contributed by atoms with Gasteiger partial charge >= 0.3 is 0 Å². The first-order valence-electron chi connectivity index (χ1n) is 5.96. The zero-order valence-corrected chi connectivity index (χ0v) is 10.8. The third-order valence-electron chi connectivity index (χ3n) is 2.67. The first-order valence-corrected chi connectivity index (χ1v) is 5.96. The summed E-state index contributed by atoms with van der Waals surface area (Å²) in [4.78, 5) is 0. The normalized spacial score (nSPS) is 14.1. The lowest BCUT2D eigenvalue weighted by atomic mass is 10.0. The molecule has 0 amide bonds. The van der Waals surface area contributed by atoms with E-state index in [1.54, 1.807) is 13.0 Å². The fourth-order valence-corrected chi connectivity index (χ4v) is 1.39. The van der Waals surface area contributed by atoms with E-state index in [-0.39, 0.29) is 0 Å². The van der Waals surface area contributed by atoms with Gasteiger partial charge in [0.05, 0.1) is 12.2 Å². The van der Waals surface area contributed by atoms with E-state index < -0.39 is 5.60 Å². The summed E-state index contributed by atoms with van der Waals surface area (Å²) in [5, 5.41) is 13.1. The van der Waals surface area contributed by atoms with Crippen LogP contribution in [0.15, 0.2) is 18.2 Å². The number of anilines is 2. The van der Waals surface area contributed by atoms with Gasteiger partial charge in [-0.15, -0.1) is 0 Å². The van der Waals surface area contributed by atoms with Crippen molar-refractivity contribution in [3.05, 3.63) is 18.2 Å². The summed E-state index contributed by atoms with van der Waals surface area (Å²) in [6, 6.07) is 5.49. The Balaban J connectivity index is 2.70. The Hall–Kier alpha value is -1.42. The van der Waals surface area contributed by atoms with Crippen LogP contribution in [0.1, 0.15) is 27.2 Å². The molecule has 0 fully saturated rings. The number of hydrogen-bond acceptors (Lipinski definition) is 4. The summed E-state index contributed by atoms with van der Waals surface area (Å²) in [5.41, 5.74) is 6.58. The molecule has 0 radical (unpaired) electrons. The first-order chi connectivity index (χ1) is 7.96. The number of aliphatic hydroxyl groups is 1. The van der Waals surface area contributed by atoms with Gasteiger partial charge in [0.1, 0.15) is 5.75 Å². The molecule has 0 spiro atoms. The van der Waals surface area contributed by atoms with Crippen LogP contribution in [0.4, 0.5) is 11.4 Å². The summed E-state index contributed by atoms with van der Waals surface area (Å²) in [6.45, 7) is 6.77. The fourth-order valence-electron chi connectivity index (χ4n) is 1.39. The van der Waals surface area contributed by atoms with Crippen molar-refractivity contribution < 1.29 is 9.84 Å². The Morgan fingerprint density at radius 2 is 2.06 bits per heavy atom. The molecule has 0 heterocycles. The highest BCUT2D eigenvalue weighted by atomic mass is 16.5. The zero-order valence-electron chi connectivity index (χ0n) is 10.8. The molecule has 0 bridgehead atoms. The highest BCUT2D eigenvalue weighted by Crippen LogP contribution is 2.23. The number of hydrogen-bond donors (Lipinski definition) is 3. The Morgan fingerprint density at radius 3 is 2.65 bits per heavy atom. The molecule has 96 valence electrons. The summed E-state index contributed by atoms with van der Waals surface area (Å²) in [5.74, 6) is 0.742. The standard InChI is InChI=1S/C13H22N2O2/c1-4-13(3,16)9-15-11-6-10(14)7-12(8-11)17-5-2/h6-8,15-16H,4-5,9,14H2,1-3H3. The summed E-state index contributed by atoms with van der Waals surface area (Å²) in [6.07, 6.45) is 0.695. The topological polar surface area (TPSA) is 67.5 Å². The highest BCUT2D eigenvalue weighted by Gasteiger charge is 2.16. The molecule has 0 saturated heterocycles. The van der Waals surface area contributed by atoms with Crippen molar-refractivity contribution in [1.82, 2.24) is 0 Å². The van der Waals surface area contributed by atoms with Gasteiger partial charge in [-0.05, 0) is 26.3 Å². The first kappa shape index (κ1) is 13.6. The maximum absolute atomic E-state index is 9.90. The molecule has 0 aliphatic heterocycles. The molecule has 1 rings (SSSR count). The van der Waals surface area contributed by atoms with E-state index in [2.05, 4.69) is 5.32 Å². The number of nitrogens with one attached hydrogen (secondary N) is 1. The van der Waals surface area contributed by atoms with Gasteiger partial charge in [0, 0.05) is 30.1 Å². The van der Waals surface area contributed by atoms with E-state index in [4.69, 9.17) is 10.5 Å². The van der Waals surface area contributed by atoms with Crippen LogP contribution in [0.3, 0.4) is 0 Å². The molecule has 0 saturated carbocycles. The number of rotatable bonds is 6. The Labute approximate surface area is 103 Å². The molecule has 0 aromatic heterocycles. The molecule has 4 N–H and O–H groups in total. The second kappa shape index (κ2) is 5.77. The van der Waals surface area contributed by atoms with Crippen molar-refractivity contribution in [3.8, 4) is 5.75 Å². The van der Waals surface area contributed by atoms with E-state index in [1.165, 1.54) is 0 Å². The summed E-state index contributed by atoms with van der Waals surface area (Å²) >= 11 is 0. The maximum Gasteiger partial charge on any atom is 0.123 e. The second-order valence-electron chi connectivity index (χ2n) is 4.43. The molecule has 4 nitrogen and oxygen atoms in total. The van der Waals surface area contributed by atoms with Gasteiger partial charge in [0.25, 0.3) is 0 Å². The van der Waals surface area contributed by atoms with Crippen molar-refractivity contribution in [3.63, 3.8) is 0 Å². The monoisotopic (exact) mass is 238 g/mol. The Kier molecular flexibility index (Phi) is 4.63. The fraction of sp³-hybridized carbons (Fsp3) is 0.538. The lowest BCUT2D eigenvalue weighted by Crippen LogP contribution is -2.32. The quantitative estimate of drug-likeness (QED) is 0.665. The Morgan fingerprint density at radius 1 is 1.35 bits per heavy atom. The van der Waals surface area contributed by atoms with Crippen molar-refractivity contribution in [2.75, 3.05) is 24.2 Å². The van der Waals surface area contributed by atoms with Gasteiger partial charge in [-0.2, -0.15) is 0 Å². The minimum absolute atomic E-state index is 0.485. The molecular formula is C13H22N2O2. The molecule has 1 unspecified atom stereocenters. The largest absolute Gasteiger partial charge is 0.494 e. The SMILES string of the molecule is CCOc1cc(N)cc(NCC(C)(O)CC)c1. The van der Waals surface area contributed by atoms with Gasteiger partial charge in [-0.3, -0.25) is 0 Å². The highest BCUT2D eigenvalue weighted by molar-refractivity contribution is 5.59. The van der Waals surface area contributed by atoms with Gasteiger partial charge in [0.15, 0.2) is 0 Å². The lowest BCUT2D eigenvalue weighted by Gasteiger charge is -2.22. The van der Waals surface area contributed by atoms with Crippen LogP contribution in [0, 0.1) is 0 Å². The third-order valence-corrected chi connectivity index (χ3v) is 2.67. The van der Waals surface area contributed by atoms with Crippen molar-refractivity contribution >= 4 is 11.4 Å². The summed E-state index contributed by atoms with van der Waals surface area (Å²) in [7, 11) is 0. The average Bonchev–Trinajstić information content (AvgIpc) is 2.26. The van der Waals surface area contributed by atoms with E-state index in [1.807, 2.05) is 26.0 Å². The van der Waals surface area contributed by atoms with E-state index >= 15 is 0 Å². The molecule has 17 heavy (non-hydrogen) atoms. The number of nitrogen functional groups attached to an aromatic ring is 1. The summed E-state index contributed by atoms with van der Waals surface area (Å²) < 4.78 is 5.40. The van der Waals surface area contributed by atoms with Crippen LogP contribution >= 0.6 is 0 Å². The number of nitrogens with two attached hydrogens (primary N) is 1. The second-order valence-corrected chi connectivity index (χ2v) is 4.43. The van der Waals surface area contributed by atoms with E-state index in [0.717, 1.165) is 11.4 Å². The van der Waals surface area contributed by atoms with Crippen molar-refractivity contribution in [2.24, 2.45) is 0 Å². The van der Waals surface area contributed by atoms with E-state index in [0.29, 0.717) is 25.3 Å². The van der Waals surface area contributed by atoms with Crippen LogP contribution in [0.2, 0.25) is 0 Å². The zero-order chi connectivity index (χ0) is 12.9. The van der Waals surface area contributed by atoms with Gasteiger partial charge in [-0.1, -0.05) is 6.92 Å². The van der Waals surface area contributed by atoms with Crippen molar-refractivity contribution in [2.45, 2.75) is 32.8 Å². The minimum atomic E-state index is -0.712. The van der Waals surface area contributed by atoms with Crippen LogP contribution in [-0.4, -0.2) is 23.9 Å². The molecule has 4 heteroatoms. The van der Waals surface area contributed by atoms with Crippen molar-refractivity contribution in [1.29, 1.82) is 0 Å². The smallest absolute Gasteiger partial charge is 0.123 e. The minimum Gasteiger partial charge on any atom is -0.494 e. The third kappa shape index (κ3) is 4.53. The van der Waals surface area contributed by atoms with Gasteiger partial charge in [0.2, 0.25) is 0 Å². The van der Waals surface area contributed by atoms with Crippen LogP contribution in [-0.2, 0) is 0 Å². The maximum atomic E-state index is 9.90. The molecule has 1 atom stereocenters. The lowest BCUT2D eigenvalue weighted by molar-refractivity contribution is 0.0697. The van der Waals surface area contributed by atoms with Crippen LogP contribution in [0.5, 0.6) is 5.75 Å². The molecule has 1 aromatic rings. The van der Waals surface area contributed by atoms with Crippen LogP contribution in [0.25, 0.3) is 0 Å². The number of ether oxygens (including phenoxy) is 1. The van der Waals surface area contributed by atoms with Gasteiger partial charge in [-0.25, -0.2) is 0 Å². The van der Waals surface area contributed by atoms with E-state index in [9.17, 15) is 5.11 Å². The molecule has 0 aliphatic carbocycles. The molecule has 0 aliphatic rings. The average molecular weight is 238 g/mol.